The highest BCUT2D eigenvalue weighted by Gasteiger charge is 2.30. The van der Waals surface area contributed by atoms with Gasteiger partial charge in [0.25, 0.3) is 0 Å². The van der Waals surface area contributed by atoms with Crippen LogP contribution in [0.4, 0.5) is 13.2 Å². The normalized spacial score (nSPS) is 12.4. The number of rotatable bonds is 8. The molecule has 21 heavy (non-hydrogen) atoms. The highest BCUT2D eigenvalue weighted by Crippen LogP contribution is 2.18. The molecule has 0 radical (unpaired) electrons. The maximum absolute atomic E-state index is 12.5. The van der Waals surface area contributed by atoms with Gasteiger partial charge in [-0.05, 0) is 24.6 Å². The van der Waals surface area contributed by atoms with E-state index in [9.17, 15) is 13.2 Å². The number of hydrogen-bond acceptors (Lipinski definition) is 3. The molecule has 0 spiro atoms. The van der Waals surface area contributed by atoms with Gasteiger partial charge in [-0.1, -0.05) is 26.8 Å². The molecule has 1 aromatic heterocycles. The third-order valence-corrected chi connectivity index (χ3v) is 2.93. The molecule has 0 fully saturated rings. The molecule has 0 unspecified atom stereocenters. The van der Waals surface area contributed by atoms with Crippen LogP contribution in [0.25, 0.3) is 0 Å². The number of halogens is 3. The first-order chi connectivity index (χ1) is 9.80. The molecule has 6 heteroatoms. The van der Waals surface area contributed by atoms with Crippen LogP contribution < -0.4 is 5.32 Å². The van der Waals surface area contributed by atoms with Crippen LogP contribution in [0.1, 0.15) is 38.4 Å². The van der Waals surface area contributed by atoms with E-state index in [1.807, 2.05) is 13.0 Å². The van der Waals surface area contributed by atoms with E-state index < -0.39 is 12.7 Å². The third-order valence-electron chi connectivity index (χ3n) is 2.93. The van der Waals surface area contributed by atoms with Crippen molar-refractivity contribution in [2.75, 3.05) is 13.1 Å². The van der Waals surface area contributed by atoms with E-state index in [2.05, 4.69) is 24.1 Å². The van der Waals surface area contributed by atoms with Gasteiger partial charge in [0.15, 0.2) is 0 Å². The zero-order valence-electron chi connectivity index (χ0n) is 12.9. The standard InChI is InChI=1S/C15H24F3N3/c1-4-7-21(11-15(16,17)18)10-14-6-5-13(9-20-14)8-19-12(2)3/h5-6,9,12,19H,4,7-8,10-11H2,1-3H3. The first-order valence-corrected chi connectivity index (χ1v) is 7.26. The fourth-order valence-corrected chi connectivity index (χ4v) is 1.99. The van der Waals surface area contributed by atoms with Gasteiger partial charge in [-0.2, -0.15) is 13.2 Å². The quantitative estimate of drug-likeness (QED) is 0.798. The summed E-state index contributed by atoms with van der Waals surface area (Å²) in [5.74, 6) is 0. The lowest BCUT2D eigenvalue weighted by Crippen LogP contribution is -2.34. The van der Waals surface area contributed by atoms with Gasteiger partial charge in [-0.25, -0.2) is 0 Å². The summed E-state index contributed by atoms with van der Waals surface area (Å²) in [5.41, 5.74) is 1.70. The summed E-state index contributed by atoms with van der Waals surface area (Å²) in [4.78, 5) is 5.64. The van der Waals surface area contributed by atoms with E-state index in [0.717, 1.165) is 5.56 Å². The molecule has 0 amide bonds. The Morgan fingerprint density at radius 1 is 1.29 bits per heavy atom. The monoisotopic (exact) mass is 303 g/mol. The summed E-state index contributed by atoms with van der Waals surface area (Å²) in [7, 11) is 0. The molecule has 3 nitrogen and oxygen atoms in total. The molecule has 1 heterocycles. The zero-order valence-corrected chi connectivity index (χ0v) is 12.9. The Kier molecular flexibility index (Phi) is 7.11. The zero-order chi connectivity index (χ0) is 15.9. The van der Waals surface area contributed by atoms with E-state index in [0.29, 0.717) is 31.2 Å². The SMILES string of the molecule is CCCN(Cc1ccc(CNC(C)C)cn1)CC(F)(F)F. The van der Waals surface area contributed by atoms with Crippen LogP contribution in [0.3, 0.4) is 0 Å². The van der Waals surface area contributed by atoms with Gasteiger partial charge in [0, 0.05) is 25.3 Å². The lowest BCUT2D eigenvalue weighted by molar-refractivity contribution is -0.147. The number of alkyl halides is 3. The van der Waals surface area contributed by atoms with Gasteiger partial charge >= 0.3 is 6.18 Å². The maximum Gasteiger partial charge on any atom is 0.401 e. The molecule has 0 saturated carbocycles. The second kappa shape index (κ2) is 8.34. The molecular formula is C15H24F3N3. The molecule has 0 atom stereocenters. The molecule has 0 saturated heterocycles. The number of nitrogens with zero attached hydrogens (tertiary/aromatic N) is 2. The Bertz CT molecular complexity index is 402. The highest BCUT2D eigenvalue weighted by atomic mass is 19.4. The lowest BCUT2D eigenvalue weighted by atomic mass is 10.2. The fourth-order valence-electron chi connectivity index (χ4n) is 1.99. The van der Waals surface area contributed by atoms with E-state index in [1.54, 1.807) is 12.3 Å². The molecule has 1 rings (SSSR count). The molecule has 0 aliphatic rings. The predicted molar refractivity (Wildman–Crippen MR) is 77.8 cm³/mol. The highest BCUT2D eigenvalue weighted by molar-refractivity contribution is 5.14. The topological polar surface area (TPSA) is 28.2 Å². The summed E-state index contributed by atoms with van der Waals surface area (Å²) in [6, 6.07) is 4.10. The van der Waals surface area contributed by atoms with Crippen molar-refractivity contribution in [1.82, 2.24) is 15.2 Å². The number of pyridine rings is 1. The molecule has 0 aliphatic heterocycles. The van der Waals surface area contributed by atoms with Gasteiger partial charge in [-0.3, -0.25) is 9.88 Å². The van der Waals surface area contributed by atoms with Crippen LogP contribution in [0.15, 0.2) is 18.3 Å². The van der Waals surface area contributed by atoms with Crippen molar-refractivity contribution in [2.24, 2.45) is 0 Å². The summed E-state index contributed by atoms with van der Waals surface area (Å²) < 4.78 is 37.5. The second-order valence-corrected chi connectivity index (χ2v) is 5.52. The molecule has 1 aromatic rings. The molecule has 1 N–H and O–H groups in total. The van der Waals surface area contributed by atoms with Crippen molar-refractivity contribution in [2.45, 2.75) is 52.5 Å². The Hall–Kier alpha value is -1.14. The van der Waals surface area contributed by atoms with Crippen LogP contribution in [0.5, 0.6) is 0 Å². The Balaban J connectivity index is 2.59. The molecule has 0 aromatic carbocycles. The van der Waals surface area contributed by atoms with Crippen LogP contribution in [0.2, 0.25) is 0 Å². The van der Waals surface area contributed by atoms with E-state index in [1.165, 1.54) is 4.90 Å². The number of aromatic nitrogens is 1. The van der Waals surface area contributed by atoms with Crippen LogP contribution in [-0.2, 0) is 13.1 Å². The van der Waals surface area contributed by atoms with Crippen molar-refractivity contribution >= 4 is 0 Å². The van der Waals surface area contributed by atoms with Crippen molar-refractivity contribution in [3.8, 4) is 0 Å². The van der Waals surface area contributed by atoms with Crippen LogP contribution in [-0.4, -0.2) is 35.2 Å². The minimum atomic E-state index is -4.17. The van der Waals surface area contributed by atoms with Gasteiger partial charge in [0.05, 0.1) is 12.2 Å². The van der Waals surface area contributed by atoms with Gasteiger partial charge < -0.3 is 5.32 Å². The van der Waals surface area contributed by atoms with E-state index in [-0.39, 0.29) is 6.54 Å². The van der Waals surface area contributed by atoms with Crippen molar-refractivity contribution in [1.29, 1.82) is 0 Å². The van der Waals surface area contributed by atoms with Gasteiger partial charge in [0.1, 0.15) is 0 Å². The van der Waals surface area contributed by atoms with Gasteiger partial charge in [0.2, 0.25) is 0 Å². The predicted octanol–water partition coefficient (Wildman–Crippen LogP) is 3.35. The largest absolute Gasteiger partial charge is 0.401 e. The average Bonchev–Trinajstić information content (AvgIpc) is 2.36. The summed E-state index contributed by atoms with van der Waals surface area (Å²) >= 11 is 0. The van der Waals surface area contributed by atoms with Crippen molar-refractivity contribution < 1.29 is 13.2 Å². The lowest BCUT2D eigenvalue weighted by Gasteiger charge is -2.22. The fraction of sp³-hybridized carbons (Fsp3) is 0.667. The van der Waals surface area contributed by atoms with Crippen LogP contribution >= 0.6 is 0 Å². The second-order valence-electron chi connectivity index (χ2n) is 5.52. The smallest absolute Gasteiger partial charge is 0.310 e. The minimum Gasteiger partial charge on any atom is -0.310 e. The number of hydrogen-bond donors (Lipinski definition) is 1. The molecular weight excluding hydrogens is 279 g/mol. The minimum absolute atomic E-state index is 0.227. The summed E-state index contributed by atoms with van der Waals surface area (Å²) in [6.45, 7) is 6.45. The van der Waals surface area contributed by atoms with E-state index >= 15 is 0 Å². The Morgan fingerprint density at radius 3 is 2.48 bits per heavy atom. The Morgan fingerprint density at radius 2 is 2.00 bits per heavy atom. The van der Waals surface area contributed by atoms with Crippen molar-refractivity contribution in [3.05, 3.63) is 29.6 Å². The third kappa shape index (κ3) is 8.02. The van der Waals surface area contributed by atoms with E-state index in [4.69, 9.17) is 0 Å². The molecule has 120 valence electrons. The summed E-state index contributed by atoms with van der Waals surface area (Å²) in [6.07, 6.45) is -1.76. The van der Waals surface area contributed by atoms with Crippen molar-refractivity contribution in [3.63, 3.8) is 0 Å². The maximum atomic E-state index is 12.5. The average molecular weight is 303 g/mol. The molecule has 0 bridgehead atoms. The first kappa shape index (κ1) is 17.9. The van der Waals surface area contributed by atoms with Crippen LogP contribution in [0, 0.1) is 0 Å². The molecule has 0 aliphatic carbocycles. The first-order valence-electron chi connectivity index (χ1n) is 7.26. The van der Waals surface area contributed by atoms with Gasteiger partial charge in [-0.15, -0.1) is 0 Å². The Labute approximate surface area is 124 Å². The summed E-state index contributed by atoms with van der Waals surface area (Å²) in [5, 5.41) is 3.27. The number of nitrogens with one attached hydrogen (secondary N) is 1.